The Balaban J connectivity index is 1.47. The maximum absolute atomic E-state index is 14.4. The van der Waals surface area contributed by atoms with Crippen molar-refractivity contribution in [3.63, 3.8) is 0 Å². The van der Waals surface area contributed by atoms with Gasteiger partial charge in [-0.1, -0.05) is 142 Å². The molecule has 0 bridgehead atoms. The van der Waals surface area contributed by atoms with Gasteiger partial charge in [0, 0.05) is 37.5 Å². The van der Waals surface area contributed by atoms with Gasteiger partial charge in [-0.2, -0.15) is 0 Å². The van der Waals surface area contributed by atoms with Crippen molar-refractivity contribution < 1.29 is 24.2 Å². The Morgan fingerprint density at radius 2 is 1.37 bits per heavy atom. The van der Waals surface area contributed by atoms with E-state index in [9.17, 15) is 19.5 Å². The number of benzene rings is 4. The van der Waals surface area contributed by atoms with Crippen LogP contribution in [0.2, 0.25) is 0 Å². The number of rotatable bonds is 16. The smallest absolute Gasteiger partial charge is 0.410 e. The highest BCUT2D eigenvalue weighted by Gasteiger charge is 2.58. The zero-order valence-electron chi connectivity index (χ0n) is 35.6. The van der Waals surface area contributed by atoms with Crippen molar-refractivity contribution in [2.75, 3.05) is 19.6 Å². The molecule has 59 heavy (non-hydrogen) atoms. The molecule has 10 heteroatoms. The molecule has 5 atom stereocenters. The number of hydrogen-bond acceptors (Lipinski definition) is 7. The van der Waals surface area contributed by atoms with Gasteiger partial charge >= 0.3 is 12.1 Å². The third-order valence-electron chi connectivity index (χ3n) is 12.2. The number of fused-ring (bicyclic) bond motifs is 1. The summed E-state index contributed by atoms with van der Waals surface area (Å²) in [5.74, 6) is -1.97. The molecular weight excluding hydrogens is 757 g/mol. The first-order valence-electron chi connectivity index (χ1n) is 21.2. The summed E-state index contributed by atoms with van der Waals surface area (Å²) in [6.45, 7) is 13.1. The molecule has 1 saturated heterocycles. The molecule has 0 spiro atoms. The van der Waals surface area contributed by atoms with E-state index < -0.39 is 52.0 Å². The zero-order chi connectivity index (χ0) is 42.4. The van der Waals surface area contributed by atoms with Gasteiger partial charge in [-0.3, -0.25) is 14.6 Å². The standard InChI is InChI=1S/C49H62N4O5S/c1-7-9-29-51(49(45(55)56,35(3)8-2)53-32-37-22-20-19-21-36(37)30-43(53)44(50)54)33-41-31-42(34-52(41)46(57)58-47(4,5)6)59-48(38-23-13-10-14-24-38,39-25-15-11-16-26-39)40-27-17-12-18-28-40/h10-28,35,41-43H,7-9,29-34H2,1-6H3,(H2,50,54)(H,55,56)/t35?,41?,42?,43?,49-/m1/s1. The highest BCUT2D eigenvalue weighted by molar-refractivity contribution is 8.01. The van der Waals surface area contributed by atoms with E-state index in [-0.39, 0.29) is 18.3 Å². The largest absolute Gasteiger partial charge is 0.479 e. The number of nitrogens with zero attached hydrogens (tertiary/aromatic N) is 3. The predicted octanol–water partition coefficient (Wildman–Crippen LogP) is 8.93. The Morgan fingerprint density at radius 3 is 1.85 bits per heavy atom. The molecule has 4 aromatic rings. The molecule has 0 radical (unpaired) electrons. The maximum atomic E-state index is 14.4. The average Bonchev–Trinajstić information content (AvgIpc) is 3.63. The molecule has 9 nitrogen and oxygen atoms in total. The van der Waals surface area contributed by atoms with Crippen molar-refractivity contribution in [1.82, 2.24) is 14.7 Å². The van der Waals surface area contributed by atoms with Gasteiger partial charge in [0.05, 0.1) is 10.8 Å². The van der Waals surface area contributed by atoms with E-state index in [4.69, 9.17) is 10.5 Å². The molecule has 0 aromatic heterocycles. The molecule has 3 N–H and O–H groups in total. The number of aliphatic carboxylic acids is 1. The lowest BCUT2D eigenvalue weighted by molar-refractivity contribution is -0.188. The lowest BCUT2D eigenvalue weighted by Crippen LogP contribution is -2.74. The van der Waals surface area contributed by atoms with Crippen LogP contribution < -0.4 is 5.73 Å². The monoisotopic (exact) mass is 818 g/mol. The van der Waals surface area contributed by atoms with E-state index in [1.165, 1.54) is 0 Å². The Labute approximate surface area is 355 Å². The van der Waals surface area contributed by atoms with Gasteiger partial charge in [-0.25, -0.2) is 9.59 Å². The van der Waals surface area contributed by atoms with Crippen molar-refractivity contribution >= 4 is 29.7 Å². The lowest BCUT2D eigenvalue weighted by atomic mass is 9.82. The van der Waals surface area contributed by atoms with Crippen molar-refractivity contribution in [2.24, 2.45) is 11.7 Å². The Hall–Kier alpha value is -4.64. The number of carboxylic acids is 1. The number of amides is 2. The number of ether oxygens (including phenoxy) is 1. The summed E-state index contributed by atoms with van der Waals surface area (Å²) >= 11 is 1.84. The first kappa shape index (κ1) is 43.9. The maximum Gasteiger partial charge on any atom is 0.410 e. The molecule has 2 heterocycles. The van der Waals surface area contributed by atoms with Crippen LogP contribution >= 0.6 is 11.8 Å². The molecule has 2 aliphatic heterocycles. The summed E-state index contributed by atoms with van der Waals surface area (Å²) in [5.41, 5.74) is 9.22. The minimum atomic E-state index is -1.61. The number of carboxylic acid groups (broad SMARTS) is 1. The van der Waals surface area contributed by atoms with Crippen molar-refractivity contribution in [3.05, 3.63) is 143 Å². The van der Waals surface area contributed by atoms with E-state index in [1.54, 1.807) is 0 Å². The third kappa shape index (κ3) is 9.10. The number of hydrogen-bond donors (Lipinski definition) is 2. The van der Waals surface area contributed by atoms with E-state index in [1.807, 2.05) is 98.6 Å². The third-order valence-corrected chi connectivity index (χ3v) is 13.9. The topological polar surface area (TPSA) is 116 Å². The van der Waals surface area contributed by atoms with E-state index in [0.717, 1.165) is 40.7 Å². The van der Waals surface area contributed by atoms with Crippen LogP contribution in [0.5, 0.6) is 0 Å². The van der Waals surface area contributed by atoms with Crippen LogP contribution in [-0.2, 0) is 32.0 Å². The Kier molecular flexibility index (Phi) is 14.0. The summed E-state index contributed by atoms with van der Waals surface area (Å²) in [6.07, 6.45) is 2.61. The molecule has 2 amide bonds. The van der Waals surface area contributed by atoms with Crippen molar-refractivity contribution in [2.45, 2.75) is 114 Å². The second-order valence-electron chi connectivity index (χ2n) is 17.2. The zero-order valence-corrected chi connectivity index (χ0v) is 36.4. The summed E-state index contributed by atoms with van der Waals surface area (Å²) in [4.78, 5) is 48.0. The van der Waals surface area contributed by atoms with Crippen LogP contribution in [0.3, 0.4) is 0 Å². The van der Waals surface area contributed by atoms with Crippen LogP contribution in [0, 0.1) is 5.92 Å². The summed E-state index contributed by atoms with van der Waals surface area (Å²) in [5, 5.41) is 11.7. The van der Waals surface area contributed by atoms with Gasteiger partial charge in [0.1, 0.15) is 5.60 Å². The van der Waals surface area contributed by atoms with Gasteiger partial charge in [0.25, 0.3) is 0 Å². The molecule has 0 aliphatic carbocycles. The van der Waals surface area contributed by atoms with Gasteiger partial charge < -0.3 is 20.5 Å². The fourth-order valence-electron chi connectivity index (χ4n) is 9.32. The predicted molar refractivity (Wildman–Crippen MR) is 237 cm³/mol. The van der Waals surface area contributed by atoms with Crippen LogP contribution in [0.25, 0.3) is 0 Å². The summed E-state index contributed by atoms with van der Waals surface area (Å²) < 4.78 is 5.50. The molecule has 4 aromatic carbocycles. The number of unbranched alkanes of at least 4 members (excludes halogenated alkanes) is 1. The van der Waals surface area contributed by atoms with Crippen LogP contribution in [0.4, 0.5) is 4.79 Å². The van der Waals surface area contributed by atoms with Gasteiger partial charge in [-0.05, 0) is 80.2 Å². The van der Waals surface area contributed by atoms with Crippen molar-refractivity contribution in [3.8, 4) is 0 Å². The minimum Gasteiger partial charge on any atom is -0.479 e. The quantitative estimate of drug-likeness (QED) is 0.108. The molecule has 4 unspecified atom stereocenters. The first-order chi connectivity index (χ1) is 28.3. The lowest BCUT2D eigenvalue weighted by Gasteiger charge is -2.55. The van der Waals surface area contributed by atoms with Gasteiger partial charge in [0.15, 0.2) is 5.66 Å². The number of thioether (sulfide) groups is 1. The molecule has 1 fully saturated rings. The molecule has 6 rings (SSSR count). The van der Waals surface area contributed by atoms with Gasteiger partial charge in [0.2, 0.25) is 5.91 Å². The normalized spacial score (nSPS) is 20.1. The van der Waals surface area contributed by atoms with E-state index in [2.05, 4.69) is 84.6 Å². The highest BCUT2D eigenvalue weighted by Crippen LogP contribution is 2.52. The number of nitrogens with two attached hydrogens (primary N) is 1. The molecule has 314 valence electrons. The number of carbonyl (C=O) groups excluding carboxylic acids is 2. The number of likely N-dealkylation sites (tertiary alicyclic amines) is 1. The highest BCUT2D eigenvalue weighted by atomic mass is 32.2. The Morgan fingerprint density at radius 1 is 0.847 bits per heavy atom. The summed E-state index contributed by atoms with van der Waals surface area (Å²) in [6, 6.07) is 38.3. The van der Waals surface area contributed by atoms with Crippen molar-refractivity contribution in [1.29, 1.82) is 0 Å². The summed E-state index contributed by atoms with van der Waals surface area (Å²) in [7, 11) is 0. The average molecular weight is 819 g/mol. The molecular formula is C49H62N4O5S. The van der Waals surface area contributed by atoms with Crippen LogP contribution in [0.15, 0.2) is 115 Å². The minimum absolute atomic E-state index is 0.0655. The SMILES string of the molecule is CCCCN(CC1CC(SC(c2ccccc2)(c2ccccc2)c2ccccc2)CN1C(=O)OC(C)(C)C)[C@](C(=O)O)(C(C)CC)N1Cc2ccccc2CC1C(N)=O. The van der Waals surface area contributed by atoms with E-state index in [0.29, 0.717) is 32.4 Å². The number of primary amides is 1. The molecule has 0 saturated carbocycles. The van der Waals surface area contributed by atoms with Crippen LogP contribution in [0.1, 0.15) is 95.0 Å². The Bertz CT molecular complexity index is 1930. The second kappa shape index (κ2) is 18.7. The number of carbonyl (C=O) groups is 3. The second-order valence-corrected chi connectivity index (χ2v) is 18.7. The molecule has 2 aliphatic rings. The first-order valence-corrected chi connectivity index (χ1v) is 22.1. The fourth-order valence-corrected chi connectivity index (χ4v) is 11.2. The van der Waals surface area contributed by atoms with Crippen LogP contribution in [-0.4, -0.2) is 86.0 Å². The van der Waals surface area contributed by atoms with Gasteiger partial charge in [-0.15, -0.1) is 11.8 Å². The van der Waals surface area contributed by atoms with E-state index >= 15 is 0 Å². The fraction of sp³-hybridized carbons (Fsp3) is 0.449.